The lowest BCUT2D eigenvalue weighted by atomic mass is 9.91. The standard InChI is InChI=1S/C13H28O4S/c1-4-5-6-7-8-9-10-12(2)13(3)11-17-18(14,15)16/h12-13H,4-11H2,1-3H3,(H,14,15,16). The summed E-state index contributed by atoms with van der Waals surface area (Å²) in [6.07, 6.45) is 8.69. The second kappa shape index (κ2) is 9.75. The lowest BCUT2D eigenvalue weighted by molar-refractivity contribution is 0.191. The molecule has 18 heavy (non-hydrogen) atoms. The molecule has 2 atom stereocenters. The molecule has 0 fully saturated rings. The molecule has 4 nitrogen and oxygen atoms in total. The summed E-state index contributed by atoms with van der Waals surface area (Å²) >= 11 is 0. The summed E-state index contributed by atoms with van der Waals surface area (Å²) in [7, 11) is -4.29. The van der Waals surface area contributed by atoms with Crippen LogP contribution in [0.4, 0.5) is 0 Å². The maximum absolute atomic E-state index is 10.5. The predicted octanol–water partition coefficient (Wildman–Crippen LogP) is 3.83. The zero-order valence-corrected chi connectivity index (χ0v) is 12.7. The van der Waals surface area contributed by atoms with Crippen LogP contribution in [0.3, 0.4) is 0 Å². The highest BCUT2D eigenvalue weighted by Gasteiger charge is 2.15. The summed E-state index contributed by atoms with van der Waals surface area (Å²) in [5.41, 5.74) is 0. The molecule has 0 aromatic heterocycles. The minimum absolute atomic E-state index is 0.0653. The van der Waals surface area contributed by atoms with Gasteiger partial charge in [-0.15, -0.1) is 0 Å². The van der Waals surface area contributed by atoms with Gasteiger partial charge in [0.25, 0.3) is 0 Å². The molecule has 0 rings (SSSR count). The van der Waals surface area contributed by atoms with E-state index in [1.165, 1.54) is 38.5 Å². The first-order valence-electron chi connectivity index (χ1n) is 6.98. The van der Waals surface area contributed by atoms with Gasteiger partial charge in [-0.25, -0.2) is 4.18 Å². The highest BCUT2D eigenvalue weighted by molar-refractivity contribution is 7.80. The van der Waals surface area contributed by atoms with E-state index in [-0.39, 0.29) is 12.5 Å². The third-order valence-corrected chi connectivity index (χ3v) is 3.90. The van der Waals surface area contributed by atoms with E-state index < -0.39 is 10.4 Å². The van der Waals surface area contributed by atoms with Gasteiger partial charge in [-0.3, -0.25) is 4.55 Å². The normalized spacial score (nSPS) is 15.6. The van der Waals surface area contributed by atoms with Crippen molar-refractivity contribution in [2.24, 2.45) is 11.8 Å². The first-order chi connectivity index (χ1) is 8.37. The highest BCUT2D eigenvalue weighted by Crippen LogP contribution is 2.20. The van der Waals surface area contributed by atoms with Crippen molar-refractivity contribution < 1.29 is 17.2 Å². The van der Waals surface area contributed by atoms with Crippen LogP contribution in [0.2, 0.25) is 0 Å². The molecule has 1 N–H and O–H groups in total. The van der Waals surface area contributed by atoms with Crippen LogP contribution in [0.5, 0.6) is 0 Å². The molecule has 0 spiro atoms. The largest absolute Gasteiger partial charge is 0.397 e. The zero-order chi connectivity index (χ0) is 14.0. The van der Waals surface area contributed by atoms with Gasteiger partial charge >= 0.3 is 10.4 Å². The molecule has 0 aliphatic rings. The SMILES string of the molecule is CCCCCCCCC(C)C(C)COS(=O)(=O)O. The van der Waals surface area contributed by atoms with Gasteiger partial charge < -0.3 is 0 Å². The second-order valence-corrected chi connectivity index (χ2v) is 6.31. The Morgan fingerprint density at radius 2 is 1.56 bits per heavy atom. The maximum Gasteiger partial charge on any atom is 0.397 e. The fraction of sp³-hybridized carbons (Fsp3) is 1.00. The Morgan fingerprint density at radius 1 is 1.00 bits per heavy atom. The van der Waals surface area contributed by atoms with Crippen molar-refractivity contribution in [3.63, 3.8) is 0 Å². The molecule has 0 saturated heterocycles. The molecule has 0 aromatic rings. The molecule has 0 radical (unpaired) electrons. The molecule has 0 aliphatic carbocycles. The van der Waals surface area contributed by atoms with Crippen LogP contribution in [0.25, 0.3) is 0 Å². The van der Waals surface area contributed by atoms with Crippen molar-refractivity contribution in [3.8, 4) is 0 Å². The first-order valence-corrected chi connectivity index (χ1v) is 8.35. The Balaban J connectivity index is 3.59. The molecule has 0 bridgehead atoms. The van der Waals surface area contributed by atoms with Crippen LogP contribution in [0.15, 0.2) is 0 Å². The molecule has 0 heterocycles. The Morgan fingerprint density at radius 3 is 2.11 bits per heavy atom. The fourth-order valence-corrected chi connectivity index (χ4v) is 2.28. The molecule has 0 aliphatic heterocycles. The van der Waals surface area contributed by atoms with Gasteiger partial charge in [0.1, 0.15) is 0 Å². The Bertz CT molecular complexity index is 287. The highest BCUT2D eigenvalue weighted by atomic mass is 32.3. The van der Waals surface area contributed by atoms with Crippen LogP contribution in [-0.2, 0) is 14.6 Å². The van der Waals surface area contributed by atoms with Crippen LogP contribution < -0.4 is 0 Å². The van der Waals surface area contributed by atoms with Crippen molar-refractivity contribution in [1.82, 2.24) is 0 Å². The predicted molar refractivity (Wildman–Crippen MR) is 73.8 cm³/mol. The van der Waals surface area contributed by atoms with Crippen LogP contribution in [0.1, 0.15) is 65.7 Å². The van der Waals surface area contributed by atoms with Gasteiger partial charge in [-0.1, -0.05) is 65.7 Å². The minimum atomic E-state index is -4.29. The molecule has 110 valence electrons. The van der Waals surface area contributed by atoms with E-state index in [9.17, 15) is 8.42 Å². The first kappa shape index (κ1) is 17.9. The number of unbranched alkanes of at least 4 members (excludes halogenated alkanes) is 5. The average molecular weight is 280 g/mol. The monoisotopic (exact) mass is 280 g/mol. The zero-order valence-electron chi connectivity index (χ0n) is 11.9. The quantitative estimate of drug-likeness (QED) is 0.461. The molecule has 0 saturated carbocycles. The maximum atomic E-state index is 10.5. The number of hydrogen-bond acceptors (Lipinski definition) is 3. The van der Waals surface area contributed by atoms with E-state index in [1.807, 2.05) is 6.92 Å². The van der Waals surface area contributed by atoms with Crippen molar-refractivity contribution in [2.75, 3.05) is 6.61 Å². The van der Waals surface area contributed by atoms with Crippen molar-refractivity contribution in [2.45, 2.75) is 65.7 Å². The van der Waals surface area contributed by atoms with Gasteiger partial charge in [-0.05, 0) is 11.8 Å². The van der Waals surface area contributed by atoms with Crippen molar-refractivity contribution >= 4 is 10.4 Å². The van der Waals surface area contributed by atoms with E-state index in [4.69, 9.17) is 4.55 Å². The molecule has 0 amide bonds. The van der Waals surface area contributed by atoms with Gasteiger partial charge in [0.15, 0.2) is 0 Å². The van der Waals surface area contributed by atoms with E-state index in [0.29, 0.717) is 5.92 Å². The number of rotatable bonds is 11. The van der Waals surface area contributed by atoms with Crippen molar-refractivity contribution in [1.29, 1.82) is 0 Å². The van der Waals surface area contributed by atoms with E-state index in [0.717, 1.165) is 6.42 Å². The van der Waals surface area contributed by atoms with Gasteiger partial charge in [0, 0.05) is 0 Å². The molecular weight excluding hydrogens is 252 g/mol. The third-order valence-electron chi connectivity index (χ3n) is 3.46. The molecule has 2 unspecified atom stereocenters. The lowest BCUT2D eigenvalue weighted by Gasteiger charge is -2.18. The van der Waals surface area contributed by atoms with Crippen LogP contribution in [-0.4, -0.2) is 19.6 Å². The van der Waals surface area contributed by atoms with E-state index in [1.54, 1.807) is 0 Å². The molecular formula is C13H28O4S. The topological polar surface area (TPSA) is 63.6 Å². The van der Waals surface area contributed by atoms with E-state index in [2.05, 4.69) is 18.0 Å². The van der Waals surface area contributed by atoms with Crippen LogP contribution in [0, 0.1) is 11.8 Å². The summed E-state index contributed by atoms with van der Waals surface area (Å²) in [6.45, 7) is 6.33. The van der Waals surface area contributed by atoms with Gasteiger partial charge in [0.2, 0.25) is 0 Å². The summed E-state index contributed by atoms with van der Waals surface area (Å²) in [5, 5.41) is 0. The Labute approximate surface area is 112 Å². The third kappa shape index (κ3) is 11.0. The van der Waals surface area contributed by atoms with Gasteiger partial charge in [-0.2, -0.15) is 8.42 Å². The van der Waals surface area contributed by atoms with Crippen LogP contribution >= 0.6 is 0 Å². The summed E-state index contributed by atoms with van der Waals surface area (Å²) in [5.74, 6) is 0.556. The van der Waals surface area contributed by atoms with Gasteiger partial charge in [0.05, 0.1) is 6.61 Å². The van der Waals surface area contributed by atoms with Crippen molar-refractivity contribution in [3.05, 3.63) is 0 Å². The lowest BCUT2D eigenvalue weighted by Crippen LogP contribution is -2.17. The second-order valence-electron chi connectivity index (χ2n) is 5.22. The Hall–Kier alpha value is -0.130. The fourth-order valence-electron chi connectivity index (χ4n) is 1.89. The summed E-state index contributed by atoms with van der Waals surface area (Å²) < 4.78 is 33.8. The average Bonchev–Trinajstić information content (AvgIpc) is 2.29. The minimum Gasteiger partial charge on any atom is -0.264 e. The van der Waals surface area contributed by atoms with E-state index >= 15 is 0 Å². The Kier molecular flexibility index (Phi) is 9.68. The molecule has 5 heteroatoms. The molecule has 0 aromatic carbocycles. The smallest absolute Gasteiger partial charge is 0.264 e. The summed E-state index contributed by atoms with van der Waals surface area (Å²) in [6, 6.07) is 0. The number of hydrogen-bond donors (Lipinski definition) is 1. The summed E-state index contributed by atoms with van der Waals surface area (Å²) in [4.78, 5) is 0.